The van der Waals surface area contributed by atoms with Crippen molar-refractivity contribution in [3.05, 3.63) is 12.2 Å². The zero-order valence-electron chi connectivity index (χ0n) is 29.7. The van der Waals surface area contributed by atoms with E-state index >= 15 is 0 Å². The van der Waals surface area contributed by atoms with Crippen LogP contribution in [0.1, 0.15) is 194 Å². The quantitative estimate of drug-likeness (QED) is 0.0295. The highest BCUT2D eigenvalue weighted by Crippen LogP contribution is 2.36. The van der Waals surface area contributed by atoms with Crippen LogP contribution in [0.15, 0.2) is 12.2 Å². The molecule has 1 atom stereocenters. The zero-order valence-corrected chi connectivity index (χ0v) is 30.6. The lowest BCUT2D eigenvalue weighted by atomic mass is 10.0. The Balaban J connectivity index is 3.94. The molecule has 0 unspecified atom stereocenters. The third-order valence-corrected chi connectivity index (χ3v) is 8.77. The molecule has 272 valence electrons. The predicted molar refractivity (Wildman–Crippen MR) is 189 cm³/mol. The average Bonchev–Trinajstić information content (AvgIpc) is 3.02. The van der Waals surface area contributed by atoms with Gasteiger partial charge in [-0.2, -0.15) is 0 Å². The molecule has 8 nitrogen and oxygen atoms in total. The first-order valence-corrected chi connectivity index (χ1v) is 20.5. The summed E-state index contributed by atoms with van der Waals surface area (Å²) in [6, 6.07) is 0. The van der Waals surface area contributed by atoms with Crippen molar-refractivity contribution in [3.63, 3.8) is 0 Å². The molecule has 0 aliphatic carbocycles. The van der Waals surface area contributed by atoms with E-state index in [9.17, 15) is 14.2 Å². The van der Waals surface area contributed by atoms with Gasteiger partial charge in [-0.25, -0.2) is 4.57 Å². The summed E-state index contributed by atoms with van der Waals surface area (Å²) in [7, 11) is -4.74. The van der Waals surface area contributed by atoms with Crippen LogP contribution >= 0.6 is 7.82 Å². The maximum Gasteiger partial charge on any atom is 0.469 e. The molecule has 46 heavy (non-hydrogen) atoms. The summed E-state index contributed by atoms with van der Waals surface area (Å²) in [5.74, 6) is -0.887. The molecule has 0 saturated carbocycles. The van der Waals surface area contributed by atoms with Gasteiger partial charge in [-0.3, -0.25) is 14.1 Å². The van der Waals surface area contributed by atoms with E-state index in [0.29, 0.717) is 12.8 Å². The molecule has 0 saturated heterocycles. The molecule has 0 aromatic heterocycles. The molecule has 2 N–H and O–H groups in total. The maximum absolute atomic E-state index is 12.3. The highest BCUT2D eigenvalue weighted by atomic mass is 31.2. The van der Waals surface area contributed by atoms with Crippen LogP contribution in [0.25, 0.3) is 0 Å². The van der Waals surface area contributed by atoms with Crippen LogP contribution < -0.4 is 0 Å². The normalized spacial score (nSPS) is 12.5. The van der Waals surface area contributed by atoms with Gasteiger partial charge in [0.1, 0.15) is 6.61 Å². The minimum atomic E-state index is -4.74. The van der Waals surface area contributed by atoms with Gasteiger partial charge in [0.2, 0.25) is 0 Å². The van der Waals surface area contributed by atoms with Crippen LogP contribution in [0.5, 0.6) is 0 Å². The molecule has 0 spiro atoms. The van der Waals surface area contributed by atoms with Gasteiger partial charge in [0, 0.05) is 12.8 Å². The number of hydrogen-bond donors (Lipinski definition) is 2. The van der Waals surface area contributed by atoms with Crippen molar-refractivity contribution >= 4 is 19.8 Å². The summed E-state index contributed by atoms with van der Waals surface area (Å²) in [4.78, 5) is 42.7. The van der Waals surface area contributed by atoms with Crippen LogP contribution in [0, 0.1) is 0 Å². The molecule has 0 aliphatic rings. The topological polar surface area (TPSA) is 119 Å². The van der Waals surface area contributed by atoms with Gasteiger partial charge < -0.3 is 19.3 Å². The summed E-state index contributed by atoms with van der Waals surface area (Å²) in [5, 5.41) is 0. The number of phosphoric acid groups is 1. The zero-order chi connectivity index (χ0) is 34.0. The van der Waals surface area contributed by atoms with Crippen molar-refractivity contribution < 1.29 is 37.9 Å². The van der Waals surface area contributed by atoms with Gasteiger partial charge >= 0.3 is 19.8 Å². The van der Waals surface area contributed by atoms with E-state index in [2.05, 4.69) is 30.5 Å². The average molecular weight is 675 g/mol. The van der Waals surface area contributed by atoms with Crippen molar-refractivity contribution in [3.8, 4) is 0 Å². The molecule has 0 rings (SSSR count). The van der Waals surface area contributed by atoms with Crippen LogP contribution in [0.3, 0.4) is 0 Å². The lowest BCUT2D eigenvalue weighted by molar-refractivity contribution is -0.161. The van der Waals surface area contributed by atoms with Gasteiger partial charge in [0.15, 0.2) is 6.10 Å². The summed E-state index contributed by atoms with van der Waals surface area (Å²) in [6.07, 6.45) is 35.0. The van der Waals surface area contributed by atoms with Crippen molar-refractivity contribution in [2.24, 2.45) is 0 Å². The minimum absolute atomic E-state index is 0.216. The molecular formula is C37H71O8P. The van der Waals surface area contributed by atoms with Gasteiger partial charge in [-0.1, -0.05) is 154 Å². The van der Waals surface area contributed by atoms with E-state index in [1.54, 1.807) is 0 Å². The Morgan fingerprint density at radius 1 is 0.543 bits per heavy atom. The predicted octanol–water partition coefficient (Wildman–Crippen LogP) is 11.1. The Labute approximate surface area is 282 Å². The van der Waals surface area contributed by atoms with Crippen molar-refractivity contribution in [1.82, 2.24) is 0 Å². The molecule has 0 heterocycles. The first kappa shape index (κ1) is 44.8. The highest BCUT2D eigenvalue weighted by molar-refractivity contribution is 7.46. The van der Waals surface area contributed by atoms with Crippen molar-refractivity contribution in [1.29, 1.82) is 0 Å². The molecule has 0 aromatic rings. The van der Waals surface area contributed by atoms with Crippen LogP contribution in [-0.2, 0) is 28.2 Å². The van der Waals surface area contributed by atoms with E-state index in [4.69, 9.17) is 19.3 Å². The maximum atomic E-state index is 12.3. The number of carbonyl (C=O) groups excluding carboxylic acids is 2. The van der Waals surface area contributed by atoms with Crippen LogP contribution in [0.2, 0.25) is 0 Å². The van der Waals surface area contributed by atoms with Crippen molar-refractivity contribution in [2.45, 2.75) is 200 Å². The number of phosphoric ester groups is 1. The third kappa shape index (κ3) is 35.6. The first-order valence-electron chi connectivity index (χ1n) is 19.0. The van der Waals surface area contributed by atoms with Gasteiger partial charge in [0.05, 0.1) is 6.61 Å². The number of allylic oxidation sites excluding steroid dienone is 2. The lowest BCUT2D eigenvalue weighted by Gasteiger charge is -2.18. The Bertz CT molecular complexity index is 766. The second kappa shape index (κ2) is 33.7. The molecular weight excluding hydrogens is 603 g/mol. The van der Waals surface area contributed by atoms with Gasteiger partial charge in [-0.05, 0) is 38.5 Å². The number of rotatable bonds is 35. The fourth-order valence-electron chi connectivity index (χ4n) is 5.43. The smallest absolute Gasteiger partial charge is 0.462 e. The van der Waals surface area contributed by atoms with Gasteiger partial charge in [-0.15, -0.1) is 0 Å². The molecule has 0 bridgehead atoms. The first-order chi connectivity index (χ1) is 22.3. The van der Waals surface area contributed by atoms with E-state index in [0.717, 1.165) is 51.4 Å². The largest absolute Gasteiger partial charge is 0.469 e. The van der Waals surface area contributed by atoms with Gasteiger partial charge in [0.25, 0.3) is 0 Å². The van der Waals surface area contributed by atoms with E-state index < -0.39 is 32.5 Å². The monoisotopic (exact) mass is 674 g/mol. The molecule has 0 aromatic carbocycles. The molecule has 0 aliphatic heterocycles. The fourth-order valence-corrected chi connectivity index (χ4v) is 5.79. The number of esters is 2. The SMILES string of the molecule is CCCCCC/C=C/CCCCCCCC(=O)OC[C@H](COP(=O)(O)O)OC(=O)CCCCCCCCCCCCCCCCC. The number of unbranched alkanes of at least 4 members (excludes halogenated alkanes) is 23. The van der Waals surface area contributed by atoms with Crippen molar-refractivity contribution in [2.75, 3.05) is 13.2 Å². The van der Waals surface area contributed by atoms with E-state index in [1.165, 1.54) is 103 Å². The molecule has 0 radical (unpaired) electrons. The summed E-state index contributed by atoms with van der Waals surface area (Å²) in [5.41, 5.74) is 0. The Kier molecular flexibility index (Phi) is 32.8. The fraction of sp³-hybridized carbons (Fsp3) is 0.892. The van der Waals surface area contributed by atoms with E-state index in [-0.39, 0.29) is 19.4 Å². The number of carbonyl (C=O) groups is 2. The Morgan fingerprint density at radius 3 is 1.35 bits per heavy atom. The lowest BCUT2D eigenvalue weighted by Crippen LogP contribution is -2.29. The standard InChI is InChI=1S/C37H71O8P/c1-3-5-7-9-11-13-15-17-18-20-22-24-26-28-30-32-37(39)45-35(34-44-46(40,41)42)33-43-36(38)31-29-27-25-23-21-19-16-14-12-10-8-6-4-2/h14,16,35H,3-13,15,17-34H2,1-2H3,(H2,40,41,42)/b16-14+/t35-/m1/s1. The summed E-state index contributed by atoms with van der Waals surface area (Å²) >= 11 is 0. The minimum Gasteiger partial charge on any atom is -0.462 e. The summed E-state index contributed by atoms with van der Waals surface area (Å²) < 4.78 is 26.3. The Hall–Kier alpha value is -1.21. The second-order valence-electron chi connectivity index (χ2n) is 12.9. The number of ether oxygens (including phenoxy) is 2. The third-order valence-electron chi connectivity index (χ3n) is 8.28. The van der Waals surface area contributed by atoms with Crippen LogP contribution in [-0.4, -0.2) is 41.0 Å². The second-order valence-corrected chi connectivity index (χ2v) is 14.1. The molecule has 9 heteroatoms. The molecule has 0 fully saturated rings. The molecule has 0 amide bonds. The number of hydrogen-bond acceptors (Lipinski definition) is 6. The summed E-state index contributed by atoms with van der Waals surface area (Å²) in [6.45, 7) is 3.66. The van der Waals surface area contributed by atoms with E-state index in [1.807, 2.05) is 0 Å². The van der Waals surface area contributed by atoms with Crippen LogP contribution in [0.4, 0.5) is 0 Å². The Morgan fingerprint density at radius 2 is 0.913 bits per heavy atom. The highest BCUT2D eigenvalue weighted by Gasteiger charge is 2.22.